The van der Waals surface area contributed by atoms with Crippen molar-refractivity contribution < 1.29 is 4.79 Å². The van der Waals surface area contributed by atoms with Gasteiger partial charge in [0.1, 0.15) is 5.82 Å². The minimum Gasteiger partial charge on any atom is -0.362 e. The molecule has 1 saturated carbocycles. The second kappa shape index (κ2) is 11.1. The van der Waals surface area contributed by atoms with Crippen LogP contribution in [-0.2, 0) is 17.6 Å². The van der Waals surface area contributed by atoms with E-state index in [0.29, 0.717) is 6.04 Å². The molecule has 36 heavy (non-hydrogen) atoms. The molecule has 1 fully saturated rings. The lowest BCUT2D eigenvalue weighted by molar-refractivity contribution is -0.122. The number of rotatable bonds is 7. The first-order chi connectivity index (χ1) is 17.6. The predicted octanol–water partition coefficient (Wildman–Crippen LogP) is 5.09. The van der Waals surface area contributed by atoms with Gasteiger partial charge >= 0.3 is 0 Å². The first-order valence-corrected chi connectivity index (χ1v) is 13.3. The van der Waals surface area contributed by atoms with Gasteiger partial charge < -0.3 is 15.5 Å². The van der Waals surface area contributed by atoms with Crippen LogP contribution >= 0.6 is 0 Å². The van der Waals surface area contributed by atoms with Crippen molar-refractivity contribution in [3.05, 3.63) is 83.0 Å². The Balaban J connectivity index is 1.22. The third kappa shape index (κ3) is 5.53. The second-order valence-corrected chi connectivity index (χ2v) is 10.4. The highest BCUT2D eigenvalue weighted by Crippen LogP contribution is 2.30. The lowest BCUT2D eigenvalue weighted by atomic mass is 9.88. The number of nitrogens with one attached hydrogen (secondary N) is 2. The van der Waals surface area contributed by atoms with Crippen molar-refractivity contribution in [2.75, 3.05) is 24.3 Å². The van der Waals surface area contributed by atoms with Gasteiger partial charge in [-0.15, -0.1) is 0 Å². The van der Waals surface area contributed by atoms with Gasteiger partial charge in [-0.25, -0.2) is 4.98 Å². The van der Waals surface area contributed by atoms with E-state index in [2.05, 4.69) is 29.6 Å². The first kappa shape index (κ1) is 24.3. The van der Waals surface area contributed by atoms with E-state index in [4.69, 9.17) is 9.97 Å². The molecular formula is C30H37N5O. The summed E-state index contributed by atoms with van der Waals surface area (Å²) < 4.78 is 0. The van der Waals surface area contributed by atoms with Crippen molar-refractivity contribution in [3.63, 3.8) is 0 Å². The van der Waals surface area contributed by atoms with Gasteiger partial charge in [-0.05, 0) is 62.5 Å². The van der Waals surface area contributed by atoms with Gasteiger partial charge in [-0.3, -0.25) is 4.79 Å². The van der Waals surface area contributed by atoms with Gasteiger partial charge in [-0.1, -0.05) is 60.7 Å². The Hall–Kier alpha value is -3.41. The van der Waals surface area contributed by atoms with Crippen LogP contribution in [0, 0.1) is 0 Å². The topological polar surface area (TPSA) is 70.2 Å². The molecule has 1 amide bonds. The quantitative estimate of drug-likeness (QED) is 0.490. The highest BCUT2D eigenvalue weighted by atomic mass is 16.1. The number of hydrogen-bond donors (Lipinski definition) is 2. The molecule has 0 spiro atoms. The molecule has 6 heteroatoms. The Morgan fingerprint density at radius 1 is 0.833 bits per heavy atom. The Bertz CT molecular complexity index is 1120. The van der Waals surface area contributed by atoms with E-state index in [0.717, 1.165) is 61.4 Å². The summed E-state index contributed by atoms with van der Waals surface area (Å²) in [6, 6.07) is 20.7. The van der Waals surface area contributed by atoms with Crippen molar-refractivity contribution in [2.45, 2.75) is 69.4 Å². The normalized spacial score (nSPS) is 19.4. The van der Waals surface area contributed by atoms with Crippen molar-refractivity contribution in [3.8, 4) is 0 Å². The average molecular weight is 484 g/mol. The zero-order valence-corrected chi connectivity index (χ0v) is 21.4. The lowest BCUT2D eigenvalue weighted by Crippen LogP contribution is -2.42. The SMILES string of the molecule is CN(C)c1nc(N[C@H]2CC[C@@H](NC(=O)C(c3ccccc3)c3ccccc3)CC2)nc2c1CCCC2. The summed E-state index contributed by atoms with van der Waals surface area (Å²) in [6.07, 6.45) is 8.41. The minimum absolute atomic E-state index is 0.0810. The van der Waals surface area contributed by atoms with Gasteiger partial charge in [0.25, 0.3) is 0 Å². The Kier molecular flexibility index (Phi) is 7.49. The Labute approximate surface area is 214 Å². The summed E-state index contributed by atoms with van der Waals surface area (Å²) in [7, 11) is 4.13. The molecule has 0 aliphatic heterocycles. The van der Waals surface area contributed by atoms with Crippen LogP contribution in [0.25, 0.3) is 0 Å². The van der Waals surface area contributed by atoms with Crippen molar-refractivity contribution in [1.29, 1.82) is 0 Å². The number of fused-ring (bicyclic) bond motifs is 1. The fraction of sp³-hybridized carbons (Fsp3) is 0.433. The average Bonchev–Trinajstić information content (AvgIpc) is 2.91. The molecule has 0 saturated heterocycles. The molecule has 2 aliphatic rings. The largest absolute Gasteiger partial charge is 0.362 e. The van der Waals surface area contributed by atoms with Crippen LogP contribution in [0.5, 0.6) is 0 Å². The van der Waals surface area contributed by atoms with Crippen LogP contribution in [0.4, 0.5) is 11.8 Å². The molecule has 188 valence electrons. The number of aromatic nitrogens is 2. The molecular weight excluding hydrogens is 446 g/mol. The molecule has 0 atom stereocenters. The third-order valence-electron chi connectivity index (χ3n) is 7.52. The number of benzene rings is 2. The maximum Gasteiger partial charge on any atom is 0.232 e. The summed E-state index contributed by atoms with van der Waals surface area (Å²) >= 11 is 0. The molecule has 3 aromatic rings. The van der Waals surface area contributed by atoms with Crippen LogP contribution in [0.2, 0.25) is 0 Å². The van der Waals surface area contributed by atoms with Crippen LogP contribution in [-0.4, -0.2) is 42.1 Å². The maximum absolute atomic E-state index is 13.5. The third-order valence-corrected chi connectivity index (χ3v) is 7.52. The van der Waals surface area contributed by atoms with Crippen molar-refractivity contribution >= 4 is 17.7 Å². The van der Waals surface area contributed by atoms with Gasteiger partial charge in [0.15, 0.2) is 0 Å². The Morgan fingerprint density at radius 2 is 1.42 bits per heavy atom. The lowest BCUT2D eigenvalue weighted by Gasteiger charge is -2.31. The zero-order chi connectivity index (χ0) is 24.9. The van der Waals surface area contributed by atoms with Crippen molar-refractivity contribution in [1.82, 2.24) is 15.3 Å². The Morgan fingerprint density at radius 3 is 2.03 bits per heavy atom. The van der Waals surface area contributed by atoms with Crippen LogP contribution in [0.1, 0.15) is 66.8 Å². The molecule has 6 nitrogen and oxygen atoms in total. The van der Waals surface area contributed by atoms with E-state index >= 15 is 0 Å². The van der Waals surface area contributed by atoms with Crippen LogP contribution in [0.15, 0.2) is 60.7 Å². The number of carbonyl (C=O) groups is 1. The van der Waals surface area contributed by atoms with Gasteiger partial charge in [0, 0.05) is 31.7 Å². The van der Waals surface area contributed by atoms with E-state index in [1.807, 2.05) is 60.7 Å². The number of hydrogen-bond acceptors (Lipinski definition) is 5. The van der Waals surface area contributed by atoms with Gasteiger partial charge in [-0.2, -0.15) is 4.98 Å². The molecule has 0 unspecified atom stereocenters. The molecule has 0 bridgehead atoms. The summed E-state index contributed by atoms with van der Waals surface area (Å²) in [5, 5.41) is 6.97. The van der Waals surface area contributed by atoms with E-state index < -0.39 is 0 Å². The van der Waals surface area contributed by atoms with Crippen LogP contribution < -0.4 is 15.5 Å². The molecule has 2 aliphatic carbocycles. The highest BCUT2D eigenvalue weighted by Gasteiger charge is 2.28. The number of aryl methyl sites for hydroxylation is 1. The summed E-state index contributed by atoms with van der Waals surface area (Å²) in [6.45, 7) is 0. The number of anilines is 2. The standard InChI is InChI=1S/C30H37N5O/c1-35(2)28-25-15-9-10-16-26(25)33-30(34-28)32-24-19-17-23(18-20-24)31-29(36)27(21-11-5-3-6-12-21)22-13-7-4-8-14-22/h3-8,11-14,23-24,27H,9-10,15-20H2,1-2H3,(H,31,36)(H,32,33,34)/t23-,24+. The molecule has 5 rings (SSSR count). The number of nitrogens with zero attached hydrogens (tertiary/aromatic N) is 3. The number of amides is 1. The fourth-order valence-corrected chi connectivity index (χ4v) is 5.64. The molecule has 1 heterocycles. The van der Waals surface area contributed by atoms with E-state index in [1.165, 1.54) is 24.1 Å². The smallest absolute Gasteiger partial charge is 0.232 e. The predicted molar refractivity (Wildman–Crippen MR) is 146 cm³/mol. The van der Waals surface area contributed by atoms with E-state index in [-0.39, 0.29) is 17.9 Å². The zero-order valence-electron chi connectivity index (χ0n) is 21.4. The minimum atomic E-state index is -0.295. The summed E-state index contributed by atoms with van der Waals surface area (Å²) in [5.74, 6) is 1.59. The van der Waals surface area contributed by atoms with E-state index in [1.54, 1.807) is 0 Å². The van der Waals surface area contributed by atoms with Gasteiger partial charge in [0.05, 0.1) is 11.6 Å². The molecule has 0 radical (unpaired) electrons. The fourth-order valence-electron chi connectivity index (χ4n) is 5.64. The van der Waals surface area contributed by atoms with Gasteiger partial charge in [0.2, 0.25) is 11.9 Å². The first-order valence-electron chi connectivity index (χ1n) is 13.3. The van der Waals surface area contributed by atoms with E-state index in [9.17, 15) is 4.79 Å². The molecule has 2 aromatic carbocycles. The monoisotopic (exact) mass is 483 g/mol. The number of carbonyl (C=O) groups excluding carboxylic acids is 1. The molecule has 2 N–H and O–H groups in total. The highest BCUT2D eigenvalue weighted by molar-refractivity contribution is 5.87. The molecule has 1 aromatic heterocycles. The van der Waals surface area contributed by atoms with Crippen molar-refractivity contribution in [2.24, 2.45) is 0 Å². The maximum atomic E-state index is 13.5. The summed E-state index contributed by atoms with van der Waals surface area (Å²) in [4.78, 5) is 25.3. The summed E-state index contributed by atoms with van der Waals surface area (Å²) in [5.41, 5.74) is 4.57. The second-order valence-electron chi connectivity index (χ2n) is 10.4. The van der Waals surface area contributed by atoms with Crippen LogP contribution in [0.3, 0.4) is 0 Å².